The van der Waals surface area contributed by atoms with Crippen LogP contribution in [0.25, 0.3) is 22.3 Å². The summed E-state index contributed by atoms with van der Waals surface area (Å²) in [6.07, 6.45) is -7.09. The van der Waals surface area contributed by atoms with Gasteiger partial charge in [-0.1, -0.05) is 0 Å². The molecule has 1 saturated heterocycles. The van der Waals surface area contributed by atoms with Crippen molar-refractivity contribution in [2.45, 2.75) is 30.7 Å². The molecule has 2 heterocycles. The van der Waals surface area contributed by atoms with Gasteiger partial charge >= 0.3 is 0 Å². The SMILES string of the molecule is COc1c(O)cc(O)c2c(=O)cc(-c3ccc(O[C@@H]4O[C@H](CO)[C@@H](O)[C@H](O)[C@H]4O)cc3)oc12. The summed E-state index contributed by atoms with van der Waals surface area (Å²) in [6, 6.07) is 8.21. The number of fused-ring (bicyclic) bond motifs is 1. The second-order valence-corrected chi connectivity index (χ2v) is 7.47. The molecule has 6 N–H and O–H groups in total. The first-order chi connectivity index (χ1) is 15.7. The molecule has 4 rings (SSSR count). The highest BCUT2D eigenvalue weighted by atomic mass is 16.7. The molecule has 1 aliphatic rings. The summed E-state index contributed by atoms with van der Waals surface area (Å²) in [5.41, 5.74) is -0.233. The minimum absolute atomic E-state index is 0.107. The molecule has 0 aliphatic carbocycles. The topological polar surface area (TPSA) is 179 Å². The highest BCUT2D eigenvalue weighted by Gasteiger charge is 2.44. The molecule has 0 radical (unpaired) electrons. The Morgan fingerprint density at radius 3 is 2.30 bits per heavy atom. The second kappa shape index (κ2) is 8.89. The third-order valence-electron chi connectivity index (χ3n) is 5.36. The van der Waals surface area contributed by atoms with Gasteiger partial charge in [0.15, 0.2) is 16.8 Å². The van der Waals surface area contributed by atoms with E-state index in [4.69, 9.17) is 18.6 Å². The Morgan fingerprint density at radius 2 is 1.67 bits per heavy atom. The Labute approximate surface area is 186 Å². The molecule has 1 fully saturated rings. The van der Waals surface area contributed by atoms with Crippen molar-refractivity contribution in [3.8, 4) is 34.3 Å². The Balaban J connectivity index is 1.63. The average molecular weight is 462 g/mol. The van der Waals surface area contributed by atoms with Crippen LogP contribution >= 0.6 is 0 Å². The van der Waals surface area contributed by atoms with E-state index in [9.17, 15) is 35.4 Å². The van der Waals surface area contributed by atoms with Crippen LogP contribution in [-0.2, 0) is 4.74 Å². The van der Waals surface area contributed by atoms with Gasteiger partial charge in [0.2, 0.25) is 12.0 Å². The van der Waals surface area contributed by atoms with E-state index >= 15 is 0 Å². The highest BCUT2D eigenvalue weighted by molar-refractivity contribution is 5.91. The fourth-order valence-electron chi connectivity index (χ4n) is 3.62. The summed E-state index contributed by atoms with van der Waals surface area (Å²) in [6.45, 7) is -0.584. The van der Waals surface area contributed by atoms with Gasteiger partial charge in [-0.15, -0.1) is 0 Å². The van der Waals surface area contributed by atoms with Crippen molar-refractivity contribution in [3.63, 3.8) is 0 Å². The number of ether oxygens (including phenoxy) is 3. The molecule has 2 aromatic carbocycles. The third kappa shape index (κ3) is 4.08. The summed E-state index contributed by atoms with van der Waals surface area (Å²) < 4.78 is 21.7. The van der Waals surface area contributed by atoms with Crippen molar-refractivity contribution in [2.24, 2.45) is 0 Å². The molecule has 11 heteroatoms. The Morgan fingerprint density at radius 1 is 0.970 bits per heavy atom. The Kier molecular flexibility index (Phi) is 6.15. The van der Waals surface area contributed by atoms with Crippen molar-refractivity contribution in [1.29, 1.82) is 0 Å². The van der Waals surface area contributed by atoms with Gasteiger partial charge < -0.3 is 49.3 Å². The molecule has 0 amide bonds. The number of hydrogen-bond donors (Lipinski definition) is 6. The largest absolute Gasteiger partial charge is 0.507 e. The normalized spacial score (nSPS) is 25.2. The molecule has 3 aromatic rings. The van der Waals surface area contributed by atoms with Crippen LogP contribution in [0.15, 0.2) is 45.6 Å². The molecule has 1 aliphatic heterocycles. The van der Waals surface area contributed by atoms with Crippen molar-refractivity contribution < 1.29 is 49.3 Å². The van der Waals surface area contributed by atoms with Crippen molar-refractivity contribution >= 4 is 11.0 Å². The summed E-state index contributed by atoms with van der Waals surface area (Å²) in [7, 11) is 1.28. The molecule has 33 heavy (non-hydrogen) atoms. The van der Waals surface area contributed by atoms with Crippen molar-refractivity contribution in [1.82, 2.24) is 0 Å². The van der Waals surface area contributed by atoms with E-state index in [1.54, 1.807) is 12.1 Å². The van der Waals surface area contributed by atoms with Crippen LogP contribution < -0.4 is 14.9 Å². The lowest BCUT2D eigenvalue weighted by Crippen LogP contribution is -2.60. The molecule has 11 nitrogen and oxygen atoms in total. The van der Waals surface area contributed by atoms with Crippen LogP contribution in [0.2, 0.25) is 0 Å². The molecule has 0 saturated carbocycles. The number of phenols is 2. The van der Waals surface area contributed by atoms with Crippen LogP contribution in [-0.4, -0.2) is 75.1 Å². The molecular formula is C22H22O11. The smallest absolute Gasteiger partial charge is 0.229 e. The lowest BCUT2D eigenvalue weighted by Gasteiger charge is -2.39. The zero-order valence-electron chi connectivity index (χ0n) is 17.3. The molecule has 1 aromatic heterocycles. The number of aromatic hydroxyl groups is 2. The van der Waals surface area contributed by atoms with Gasteiger partial charge in [0.25, 0.3) is 0 Å². The highest BCUT2D eigenvalue weighted by Crippen LogP contribution is 2.40. The third-order valence-corrected chi connectivity index (χ3v) is 5.36. The fourth-order valence-corrected chi connectivity index (χ4v) is 3.62. The molecule has 0 unspecified atom stereocenters. The van der Waals surface area contributed by atoms with Crippen LogP contribution in [0, 0.1) is 0 Å². The standard InChI is InChI=1S/C22H22O11/c1-30-20-13(26)6-11(24)16-12(25)7-14(32-21(16)20)9-2-4-10(5-3-9)31-22-19(29)18(28)17(27)15(8-23)33-22/h2-7,15,17-19,22-24,26-29H,8H2,1H3/t15-,17-,18+,19-,22-/m1/s1. The molecule has 0 spiro atoms. The average Bonchev–Trinajstić information content (AvgIpc) is 2.79. The molecule has 0 bridgehead atoms. The summed E-state index contributed by atoms with van der Waals surface area (Å²) in [4.78, 5) is 12.6. The van der Waals surface area contributed by atoms with Gasteiger partial charge in [0, 0.05) is 17.7 Å². The van der Waals surface area contributed by atoms with Crippen LogP contribution in [0.3, 0.4) is 0 Å². The van der Waals surface area contributed by atoms with E-state index in [0.29, 0.717) is 5.56 Å². The predicted octanol–water partition coefficient (Wildman–Crippen LogP) is 0.0585. The molecule has 5 atom stereocenters. The summed E-state index contributed by atoms with van der Waals surface area (Å²) >= 11 is 0. The number of aliphatic hydroxyl groups is 4. The number of rotatable bonds is 5. The van der Waals surface area contributed by atoms with E-state index in [1.165, 1.54) is 25.3 Å². The first-order valence-electron chi connectivity index (χ1n) is 9.89. The Bertz CT molecular complexity index is 1200. The maximum absolute atomic E-state index is 12.6. The molecular weight excluding hydrogens is 440 g/mol. The fraction of sp³-hybridized carbons (Fsp3) is 0.318. The summed E-state index contributed by atoms with van der Waals surface area (Å²) in [5, 5.41) is 59.0. The van der Waals surface area contributed by atoms with Gasteiger partial charge in [-0.25, -0.2) is 0 Å². The first-order valence-corrected chi connectivity index (χ1v) is 9.89. The van der Waals surface area contributed by atoms with Gasteiger partial charge in [-0.05, 0) is 24.3 Å². The number of phenolic OH excluding ortho intramolecular Hbond substituents is 2. The van der Waals surface area contributed by atoms with Crippen LogP contribution in [0.5, 0.6) is 23.0 Å². The first kappa shape index (κ1) is 22.8. The zero-order chi connectivity index (χ0) is 23.9. The minimum Gasteiger partial charge on any atom is -0.507 e. The second-order valence-electron chi connectivity index (χ2n) is 7.47. The maximum Gasteiger partial charge on any atom is 0.229 e. The van der Waals surface area contributed by atoms with Crippen LogP contribution in [0.4, 0.5) is 0 Å². The minimum atomic E-state index is -1.57. The monoisotopic (exact) mass is 462 g/mol. The zero-order valence-corrected chi connectivity index (χ0v) is 17.3. The number of aliphatic hydroxyl groups excluding tert-OH is 4. The van der Waals surface area contributed by atoms with E-state index in [-0.39, 0.29) is 28.2 Å². The lowest BCUT2D eigenvalue weighted by atomic mass is 9.99. The predicted molar refractivity (Wildman–Crippen MR) is 112 cm³/mol. The van der Waals surface area contributed by atoms with Crippen molar-refractivity contribution in [2.75, 3.05) is 13.7 Å². The van der Waals surface area contributed by atoms with Gasteiger partial charge in [-0.3, -0.25) is 4.79 Å². The van der Waals surface area contributed by atoms with Gasteiger partial charge in [0.05, 0.1) is 13.7 Å². The van der Waals surface area contributed by atoms with E-state index < -0.39 is 54.2 Å². The maximum atomic E-state index is 12.6. The van der Waals surface area contributed by atoms with Crippen LogP contribution in [0.1, 0.15) is 0 Å². The lowest BCUT2D eigenvalue weighted by molar-refractivity contribution is -0.277. The number of hydrogen-bond acceptors (Lipinski definition) is 11. The quantitative estimate of drug-likeness (QED) is 0.302. The van der Waals surface area contributed by atoms with Crippen molar-refractivity contribution in [3.05, 3.63) is 46.6 Å². The van der Waals surface area contributed by atoms with Gasteiger partial charge in [0.1, 0.15) is 47.1 Å². The van der Waals surface area contributed by atoms with Gasteiger partial charge in [-0.2, -0.15) is 0 Å². The summed E-state index contributed by atoms with van der Waals surface area (Å²) in [5.74, 6) is -0.614. The number of methoxy groups -OCH3 is 1. The van der Waals surface area contributed by atoms with E-state index in [1.807, 2.05) is 0 Å². The number of benzene rings is 2. The Hall–Kier alpha value is -3.35. The van der Waals surface area contributed by atoms with E-state index in [2.05, 4.69) is 0 Å². The van der Waals surface area contributed by atoms with E-state index in [0.717, 1.165) is 6.07 Å². The molecule has 176 valence electrons.